The standard InChI is InChI=1S/C19H17ClFN3O/c1-13(14-2-4-15(21)5-3-14)10-19(25)23-16-6-7-18(17(20)11-16)24-9-8-22-12-24/h2-9,11-13H,10H2,1H3,(H,23,25). The Morgan fingerprint density at radius 1 is 1.28 bits per heavy atom. The molecule has 6 heteroatoms. The van der Waals surface area contributed by atoms with Crippen LogP contribution >= 0.6 is 11.6 Å². The molecule has 3 aromatic rings. The van der Waals surface area contributed by atoms with Crippen LogP contribution in [0.15, 0.2) is 61.2 Å². The largest absolute Gasteiger partial charge is 0.326 e. The van der Waals surface area contributed by atoms with Crippen molar-refractivity contribution in [2.45, 2.75) is 19.3 Å². The van der Waals surface area contributed by atoms with Gasteiger partial charge in [0.1, 0.15) is 5.82 Å². The zero-order valence-electron chi connectivity index (χ0n) is 13.6. The Balaban J connectivity index is 1.64. The van der Waals surface area contributed by atoms with Crippen molar-refractivity contribution in [2.24, 2.45) is 0 Å². The Kier molecular flexibility index (Phi) is 5.14. The fourth-order valence-corrected chi connectivity index (χ4v) is 2.87. The van der Waals surface area contributed by atoms with Gasteiger partial charge < -0.3 is 9.88 Å². The van der Waals surface area contributed by atoms with E-state index in [0.29, 0.717) is 17.1 Å². The molecule has 4 nitrogen and oxygen atoms in total. The molecular weight excluding hydrogens is 341 g/mol. The maximum Gasteiger partial charge on any atom is 0.224 e. The summed E-state index contributed by atoms with van der Waals surface area (Å²) >= 11 is 6.29. The predicted octanol–water partition coefficient (Wildman–Crippen LogP) is 4.80. The molecular formula is C19H17ClFN3O. The van der Waals surface area contributed by atoms with E-state index in [-0.39, 0.29) is 17.6 Å². The lowest BCUT2D eigenvalue weighted by Crippen LogP contribution is -2.14. The fraction of sp³-hybridized carbons (Fsp3) is 0.158. The van der Waals surface area contributed by atoms with Crippen LogP contribution in [0.25, 0.3) is 5.69 Å². The van der Waals surface area contributed by atoms with Gasteiger partial charge in [-0.2, -0.15) is 0 Å². The summed E-state index contributed by atoms with van der Waals surface area (Å²) in [6.07, 6.45) is 5.42. The molecule has 0 saturated carbocycles. The first-order valence-electron chi connectivity index (χ1n) is 7.86. The first kappa shape index (κ1) is 17.2. The Morgan fingerprint density at radius 3 is 2.68 bits per heavy atom. The molecule has 1 N–H and O–H groups in total. The number of benzene rings is 2. The van der Waals surface area contributed by atoms with Gasteiger partial charge in [-0.05, 0) is 41.8 Å². The third-order valence-corrected chi connectivity index (χ3v) is 4.25. The monoisotopic (exact) mass is 357 g/mol. The van der Waals surface area contributed by atoms with E-state index >= 15 is 0 Å². The first-order chi connectivity index (χ1) is 12.0. The zero-order chi connectivity index (χ0) is 17.8. The molecule has 2 aromatic carbocycles. The molecule has 1 amide bonds. The molecule has 0 aliphatic carbocycles. The minimum atomic E-state index is -0.284. The van der Waals surface area contributed by atoms with Crippen LogP contribution in [0.4, 0.5) is 10.1 Å². The van der Waals surface area contributed by atoms with Crippen molar-refractivity contribution in [3.05, 3.63) is 77.6 Å². The molecule has 1 heterocycles. The zero-order valence-corrected chi connectivity index (χ0v) is 14.4. The number of imidazole rings is 1. The molecule has 0 spiro atoms. The van der Waals surface area contributed by atoms with E-state index in [9.17, 15) is 9.18 Å². The van der Waals surface area contributed by atoms with Crippen LogP contribution < -0.4 is 5.32 Å². The van der Waals surface area contributed by atoms with Gasteiger partial charge in [-0.15, -0.1) is 0 Å². The van der Waals surface area contributed by atoms with E-state index in [4.69, 9.17) is 11.6 Å². The van der Waals surface area contributed by atoms with Crippen molar-refractivity contribution in [2.75, 3.05) is 5.32 Å². The maximum absolute atomic E-state index is 13.0. The molecule has 0 aliphatic heterocycles. The molecule has 3 rings (SSSR count). The number of nitrogens with one attached hydrogen (secondary N) is 1. The summed E-state index contributed by atoms with van der Waals surface area (Å²) in [5.41, 5.74) is 2.34. The van der Waals surface area contributed by atoms with Gasteiger partial charge in [0.2, 0.25) is 5.91 Å². The highest BCUT2D eigenvalue weighted by Gasteiger charge is 2.12. The summed E-state index contributed by atoms with van der Waals surface area (Å²) in [6.45, 7) is 1.93. The molecule has 0 saturated heterocycles. The van der Waals surface area contributed by atoms with Crippen molar-refractivity contribution >= 4 is 23.2 Å². The van der Waals surface area contributed by atoms with E-state index in [1.54, 1.807) is 47.6 Å². The van der Waals surface area contributed by atoms with Crippen LogP contribution in [0.5, 0.6) is 0 Å². The number of amides is 1. The van der Waals surface area contributed by atoms with Crippen molar-refractivity contribution in [1.29, 1.82) is 0 Å². The molecule has 1 aromatic heterocycles. The quantitative estimate of drug-likeness (QED) is 0.713. The fourth-order valence-electron chi connectivity index (χ4n) is 2.59. The van der Waals surface area contributed by atoms with E-state index in [0.717, 1.165) is 11.3 Å². The summed E-state index contributed by atoms with van der Waals surface area (Å²) in [4.78, 5) is 16.2. The lowest BCUT2D eigenvalue weighted by atomic mass is 9.97. The molecule has 0 bridgehead atoms. The predicted molar refractivity (Wildman–Crippen MR) is 96.6 cm³/mol. The van der Waals surface area contributed by atoms with Gasteiger partial charge in [-0.25, -0.2) is 9.37 Å². The van der Waals surface area contributed by atoms with Crippen LogP contribution in [-0.2, 0) is 4.79 Å². The van der Waals surface area contributed by atoms with Crippen LogP contribution in [0, 0.1) is 5.82 Å². The molecule has 0 fully saturated rings. The minimum absolute atomic E-state index is 0.0127. The lowest BCUT2D eigenvalue weighted by Gasteiger charge is -2.13. The molecule has 1 atom stereocenters. The molecule has 0 aliphatic rings. The Bertz CT molecular complexity index is 863. The second-order valence-electron chi connectivity index (χ2n) is 5.84. The number of hydrogen-bond acceptors (Lipinski definition) is 2. The second-order valence-corrected chi connectivity index (χ2v) is 6.25. The number of carbonyl (C=O) groups excluding carboxylic acids is 1. The summed E-state index contributed by atoms with van der Waals surface area (Å²) in [7, 11) is 0. The van der Waals surface area contributed by atoms with E-state index in [1.165, 1.54) is 12.1 Å². The third kappa shape index (κ3) is 4.25. The number of aromatic nitrogens is 2. The molecule has 0 radical (unpaired) electrons. The van der Waals surface area contributed by atoms with Gasteiger partial charge in [0.05, 0.1) is 17.0 Å². The van der Waals surface area contributed by atoms with Gasteiger partial charge in [0, 0.05) is 24.5 Å². The smallest absolute Gasteiger partial charge is 0.224 e. The van der Waals surface area contributed by atoms with E-state index in [2.05, 4.69) is 10.3 Å². The highest BCUT2D eigenvalue weighted by Crippen LogP contribution is 2.25. The maximum atomic E-state index is 13.0. The number of anilines is 1. The first-order valence-corrected chi connectivity index (χ1v) is 8.24. The van der Waals surface area contributed by atoms with E-state index < -0.39 is 0 Å². The molecule has 1 unspecified atom stereocenters. The van der Waals surface area contributed by atoms with Crippen LogP contribution in [0.3, 0.4) is 0 Å². The van der Waals surface area contributed by atoms with Crippen molar-refractivity contribution in [1.82, 2.24) is 9.55 Å². The van der Waals surface area contributed by atoms with Crippen molar-refractivity contribution < 1.29 is 9.18 Å². The second kappa shape index (κ2) is 7.49. The van der Waals surface area contributed by atoms with Crippen molar-refractivity contribution in [3.63, 3.8) is 0 Å². The summed E-state index contributed by atoms with van der Waals surface area (Å²) in [5.74, 6) is -0.419. The Hall–Kier alpha value is -2.66. The van der Waals surface area contributed by atoms with Crippen LogP contribution in [0.1, 0.15) is 24.8 Å². The Morgan fingerprint density at radius 2 is 2.04 bits per heavy atom. The normalized spacial score (nSPS) is 12.0. The number of carbonyl (C=O) groups is 1. The Labute approximate surface area is 150 Å². The molecule has 25 heavy (non-hydrogen) atoms. The summed E-state index contributed by atoms with van der Waals surface area (Å²) < 4.78 is 14.8. The number of nitrogens with zero attached hydrogens (tertiary/aromatic N) is 2. The van der Waals surface area contributed by atoms with Crippen LogP contribution in [0.2, 0.25) is 5.02 Å². The van der Waals surface area contributed by atoms with Gasteiger partial charge in [0.25, 0.3) is 0 Å². The average molecular weight is 358 g/mol. The minimum Gasteiger partial charge on any atom is -0.326 e. The SMILES string of the molecule is CC(CC(=O)Nc1ccc(-n2ccnc2)c(Cl)c1)c1ccc(F)cc1. The van der Waals surface area contributed by atoms with Gasteiger partial charge >= 0.3 is 0 Å². The molecule has 128 valence electrons. The van der Waals surface area contributed by atoms with Crippen LogP contribution in [-0.4, -0.2) is 15.5 Å². The number of rotatable bonds is 5. The highest BCUT2D eigenvalue weighted by molar-refractivity contribution is 6.32. The highest BCUT2D eigenvalue weighted by atomic mass is 35.5. The topological polar surface area (TPSA) is 46.9 Å². The lowest BCUT2D eigenvalue weighted by molar-refractivity contribution is -0.116. The van der Waals surface area contributed by atoms with Gasteiger partial charge in [-0.1, -0.05) is 30.7 Å². The summed E-state index contributed by atoms with van der Waals surface area (Å²) in [5, 5.41) is 3.36. The van der Waals surface area contributed by atoms with E-state index in [1.807, 2.05) is 13.0 Å². The summed E-state index contributed by atoms with van der Waals surface area (Å²) in [6, 6.07) is 11.5. The average Bonchev–Trinajstić information content (AvgIpc) is 3.09. The number of halogens is 2. The van der Waals surface area contributed by atoms with Gasteiger partial charge in [0.15, 0.2) is 0 Å². The third-order valence-electron chi connectivity index (χ3n) is 3.94. The van der Waals surface area contributed by atoms with Gasteiger partial charge in [-0.3, -0.25) is 4.79 Å². The van der Waals surface area contributed by atoms with Crippen molar-refractivity contribution in [3.8, 4) is 5.69 Å². The number of hydrogen-bond donors (Lipinski definition) is 1.